The van der Waals surface area contributed by atoms with Crippen LogP contribution >= 0.6 is 0 Å². The van der Waals surface area contributed by atoms with Crippen LogP contribution in [0.3, 0.4) is 0 Å². The smallest absolute Gasteiger partial charge is 0.0132 e. The number of rotatable bonds is 10. The van der Waals surface area contributed by atoms with E-state index in [0.717, 1.165) is 25.7 Å². The largest absolute Gasteiger partial charge is 0.0588 e. The lowest BCUT2D eigenvalue weighted by atomic mass is 9.85. The minimum atomic E-state index is 0.128. The summed E-state index contributed by atoms with van der Waals surface area (Å²) in [6.07, 6.45) is 3.98. The Morgan fingerprint density at radius 1 is 0.210 bits per heavy atom. The van der Waals surface area contributed by atoms with Gasteiger partial charge >= 0.3 is 0 Å². The first-order valence-electron chi connectivity index (χ1n) is 23.0. The Kier molecular flexibility index (Phi) is 12.7. The molecule has 0 bridgehead atoms. The van der Waals surface area contributed by atoms with Crippen molar-refractivity contribution in [2.75, 3.05) is 0 Å². The number of hydrogen-bond donors (Lipinski definition) is 0. The zero-order valence-electron chi connectivity index (χ0n) is 39.8. The van der Waals surface area contributed by atoms with Crippen LogP contribution in [0, 0.1) is 0 Å². The highest BCUT2D eigenvalue weighted by Gasteiger charge is 2.18. The van der Waals surface area contributed by atoms with Crippen molar-refractivity contribution in [2.24, 2.45) is 0 Å². The van der Waals surface area contributed by atoms with Crippen LogP contribution in [0.15, 0.2) is 158 Å². The van der Waals surface area contributed by atoms with Crippen molar-refractivity contribution in [1.29, 1.82) is 0 Å². The molecule has 0 radical (unpaired) electrons. The molecule has 0 saturated heterocycles. The average molecular weight is 815 g/mol. The number of hydrogen-bond acceptors (Lipinski definition) is 0. The van der Waals surface area contributed by atoms with Gasteiger partial charge in [0.15, 0.2) is 0 Å². The Labute approximate surface area is 375 Å². The van der Waals surface area contributed by atoms with E-state index in [-0.39, 0.29) is 21.7 Å². The third kappa shape index (κ3) is 11.1. The SMILES string of the molecule is CC(C)(C)c1ccc(-c2cc(CCc3ccc(CCc4cc(-c5ccc(C(C)(C)C)cc5)cc(-c5ccc(C(C)(C)C)cc5)c4)cc3)cc(-c3ccc(C(C)(C)C)cc3)c2)cc1. The van der Waals surface area contributed by atoms with Gasteiger partial charge in [-0.3, -0.25) is 0 Å². The van der Waals surface area contributed by atoms with Gasteiger partial charge < -0.3 is 0 Å². The lowest BCUT2D eigenvalue weighted by Crippen LogP contribution is -2.10. The second kappa shape index (κ2) is 17.7. The molecule has 0 amide bonds. The van der Waals surface area contributed by atoms with E-state index in [0.29, 0.717) is 0 Å². The third-order valence-corrected chi connectivity index (χ3v) is 12.8. The zero-order chi connectivity index (χ0) is 44.5. The maximum atomic E-state index is 2.41. The molecule has 0 heteroatoms. The molecule has 0 unspecified atom stereocenters. The van der Waals surface area contributed by atoms with Gasteiger partial charge in [-0.1, -0.05) is 229 Å². The Morgan fingerprint density at radius 3 is 0.597 bits per heavy atom. The molecule has 7 aromatic rings. The van der Waals surface area contributed by atoms with Crippen LogP contribution in [0.4, 0.5) is 0 Å². The van der Waals surface area contributed by atoms with E-state index in [2.05, 4.69) is 241 Å². The summed E-state index contributed by atoms with van der Waals surface area (Å²) in [6, 6.07) is 60.6. The van der Waals surface area contributed by atoms with Gasteiger partial charge in [0.25, 0.3) is 0 Å². The highest BCUT2D eigenvalue weighted by atomic mass is 14.2. The summed E-state index contributed by atoms with van der Waals surface area (Å²) in [5.74, 6) is 0. The van der Waals surface area contributed by atoms with E-state index in [4.69, 9.17) is 0 Å². The molecule has 0 fully saturated rings. The Morgan fingerprint density at radius 2 is 0.403 bits per heavy atom. The average Bonchev–Trinajstić information content (AvgIpc) is 3.24. The zero-order valence-corrected chi connectivity index (χ0v) is 39.8. The molecule has 7 aromatic carbocycles. The van der Waals surface area contributed by atoms with E-state index >= 15 is 0 Å². The Hall–Kier alpha value is -5.46. The predicted octanol–water partition coefficient (Wildman–Crippen LogP) is 17.1. The first-order valence-corrected chi connectivity index (χ1v) is 23.0. The van der Waals surface area contributed by atoms with E-state index in [1.54, 1.807) is 0 Å². The lowest BCUT2D eigenvalue weighted by molar-refractivity contribution is 0.590. The van der Waals surface area contributed by atoms with Crippen LogP contribution in [0.1, 0.15) is 128 Å². The molecular weight excluding hydrogens is 745 g/mol. The first-order chi connectivity index (χ1) is 29.2. The molecule has 0 atom stereocenters. The Bertz CT molecular complexity index is 2230. The van der Waals surface area contributed by atoms with Crippen molar-refractivity contribution < 1.29 is 0 Å². The van der Waals surface area contributed by atoms with Gasteiger partial charge in [-0.25, -0.2) is 0 Å². The molecule has 0 aliphatic carbocycles. The minimum Gasteiger partial charge on any atom is -0.0588 e. The van der Waals surface area contributed by atoms with Crippen molar-refractivity contribution >= 4 is 0 Å². The molecule has 0 spiro atoms. The molecule has 7 rings (SSSR count). The first kappa shape index (κ1) is 44.6. The van der Waals surface area contributed by atoms with Gasteiger partial charge in [0, 0.05) is 0 Å². The van der Waals surface area contributed by atoms with Crippen LogP contribution in [-0.2, 0) is 47.3 Å². The van der Waals surface area contributed by atoms with Crippen molar-refractivity contribution in [3.8, 4) is 44.5 Å². The summed E-state index contributed by atoms with van der Waals surface area (Å²) in [5.41, 5.74) is 21.7. The summed E-state index contributed by atoms with van der Waals surface area (Å²) in [6.45, 7) is 27.4. The molecular formula is C62H70. The fourth-order valence-corrected chi connectivity index (χ4v) is 8.44. The van der Waals surface area contributed by atoms with Crippen LogP contribution < -0.4 is 0 Å². The number of aryl methyl sites for hydroxylation is 4. The summed E-state index contributed by atoms with van der Waals surface area (Å²) in [4.78, 5) is 0. The molecule has 0 aliphatic heterocycles. The Balaban J connectivity index is 1.10. The maximum absolute atomic E-state index is 2.41. The second-order valence-electron chi connectivity index (χ2n) is 22.0. The molecule has 0 nitrogen and oxygen atoms in total. The minimum absolute atomic E-state index is 0.128. The monoisotopic (exact) mass is 815 g/mol. The van der Waals surface area contributed by atoms with Gasteiger partial charge in [0.05, 0.1) is 0 Å². The van der Waals surface area contributed by atoms with Gasteiger partial charge in [0.1, 0.15) is 0 Å². The molecule has 0 aromatic heterocycles. The van der Waals surface area contributed by atoms with E-state index in [1.807, 2.05) is 0 Å². The maximum Gasteiger partial charge on any atom is -0.0132 e. The van der Waals surface area contributed by atoms with Crippen molar-refractivity contribution in [3.05, 3.63) is 202 Å². The standard InChI is InChI=1S/C62H70/c1-59(2,3)55-29-21-47(22-30-55)51-37-45(38-52(41-51)48-23-31-56(32-24-48)60(4,5)6)19-17-43-13-15-44(16-14-43)18-20-46-39-53(49-25-33-57(34-26-49)61(7,8)9)42-54(40-46)50-27-35-58(36-28-50)62(10,11)12/h13-16,21-42H,17-20H2,1-12H3. The molecule has 0 heterocycles. The van der Waals surface area contributed by atoms with Gasteiger partial charge in [-0.2, -0.15) is 0 Å². The lowest BCUT2D eigenvalue weighted by Gasteiger charge is -2.20. The summed E-state index contributed by atoms with van der Waals surface area (Å²) in [5, 5.41) is 0. The second-order valence-corrected chi connectivity index (χ2v) is 22.0. The fourth-order valence-electron chi connectivity index (χ4n) is 8.44. The van der Waals surface area contributed by atoms with E-state index in [1.165, 1.54) is 89.0 Å². The quantitative estimate of drug-likeness (QED) is 0.129. The van der Waals surface area contributed by atoms with Crippen LogP contribution in [0.2, 0.25) is 0 Å². The van der Waals surface area contributed by atoms with Crippen LogP contribution in [0.5, 0.6) is 0 Å². The van der Waals surface area contributed by atoms with E-state index < -0.39 is 0 Å². The highest BCUT2D eigenvalue weighted by Crippen LogP contribution is 2.35. The molecule has 318 valence electrons. The van der Waals surface area contributed by atoms with Crippen molar-refractivity contribution in [3.63, 3.8) is 0 Å². The van der Waals surface area contributed by atoms with Crippen molar-refractivity contribution in [1.82, 2.24) is 0 Å². The summed E-state index contributed by atoms with van der Waals surface area (Å²) < 4.78 is 0. The topological polar surface area (TPSA) is 0 Å². The molecule has 0 saturated carbocycles. The van der Waals surface area contributed by atoms with Crippen molar-refractivity contribution in [2.45, 2.75) is 130 Å². The molecule has 62 heavy (non-hydrogen) atoms. The van der Waals surface area contributed by atoms with Gasteiger partial charge in [0.2, 0.25) is 0 Å². The predicted molar refractivity (Wildman–Crippen MR) is 271 cm³/mol. The van der Waals surface area contributed by atoms with Crippen LogP contribution in [0.25, 0.3) is 44.5 Å². The molecule has 0 N–H and O–H groups in total. The number of benzene rings is 7. The van der Waals surface area contributed by atoms with Gasteiger partial charge in [-0.15, -0.1) is 0 Å². The van der Waals surface area contributed by atoms with E-state index in [9.17, 15) is 0 Å². The van der Waals surface area contributed by atoms with Crippen LogP contribution in [-0.4, -0.2) is 0 Å². The highest BCUT2D eigenvalue weighted by molar-refractivity contribution is 5.76. The molecule has 0 aliphatic rings. The summed E-state index contributed by atoms with van der Waals surface area (Å²) in [7, 11) is 0. The summed E-state index contributed by atoms with van der Waals surface area (Å²) >= 11 is 0. The normalized spacial score (nSPS) is 12.5. The van der Waals surface area contributed by atoms with Gasteiger partial charge in [-0.05, 0) is 148 Å². The third-order valence-electron chi connectivity index (χ3n) is 12.8. The fraction of sp³-hybridized carbons (Fsp3) is 0.323.